The van der Waals surface area contributed by atoms with E-state index in [2.05, 4.69) is 5.32 Å². The number of amides is 2. The summed E-state index contributed by atoms with van der Waals surface area (Å²) in [6.45, 7) is 1.41. The number of urea groups is 1. The molecule has 126 valence electrons. The van der Waals surface area contributed by atoms with Crippen LogP contribution in [0.2, 0.25) is 0 Å². The fourth-order valence-corrected chi connectivity index (χ4v) is 4.11. The van der Waals surface area contributed by atoms with Crippen LogP contribution in [0.4, 0.5) is 4.79 Å². The molecular formula is C18H26N2O3. The zero-order chi connectivity index (χ0) is 15.7. The molecule has 1 saturated heterocycles. The van der Waals surface area contributed by atoms with E-state index in [9.17, 15) is 4.79 Å². The maximum Gasteiger partial charge on any atom is 0.318 e. The summed E-state index contributed by atoms with van der Waals surface area (Å²) in [4.78, 5) is 14.7. The molecule has 3 fully saturated rings. The van der Waals surface area contributed by atoms with Crippen molar-refractivity contribution in [2.75, 3.05) is 6.61 Å². The minimum absolute atomic E-state index is 0.0468. The third kappa shape index (κ3) is 3.39. The van der Waals surface area contributed by atoms with Crippen LogP contribution in [0.15, 0.2) is 23.0 Å². The van der Waals surface area contributed by atoms with Gasteiger partial charge in [0.25, 0.3) is 0 Å². The van der Waals surface area contributed by atoms with Crippen LogP contribution in [0.25, 0.3) is 0 Å². The number of nitrogens with one attached hydrogen (secondary N) is 1. The van der Waals surface area contributed by atoms with E-state index >= 15 is 0 Å². The second-order valence-corrected chi connectivity index (χ2v) is 7.37. The van der Waals surface area contributed by atoms with Crippen molar-refractivity contribution >= 4 is 6.03 Å². The fraction of sp³-hybridized carbons (Fsp3) is 0.722. The molecule has 4 rings (SSSR count). The molecule has 1 aromatic heterocycles. The average Bonchev–Trinajstić information content (AvgIpc) is 3.06. The Morgan fingerprint density at radius 1 is 1.30 bits per heavy atom. The lowest BCUT2D eigenvalue weighted by atomic mass is 9.89. The van der Waals surface area contributed by atoms with Gasteiger partial charge in [-0.25, -0.2) is 4.79 Å². The number of rotatable bonds is 4. The zero-order valence-electron chi connectivity index (χ0n) is 13.6. The van der Waals surface area contributed by atoms with Crippen molar-refractivity contribution in [3.8, 4) is 0 Å². The summed E-state index contributed by atoms with van der Waals surface area (Å²) in [5.41, 5.74) is 1.11. The highest BCUT2D eigenvalue weighted by atomic mass is 16.5. The Hall–Kier alpha value is -1.49. The van der Waals surface area contributed by atoms with Crippen molar-refractivity contribution in [1.29, 1.82) is 0 Å². The van der Waals surface area contributed by atoms with E-state index in [1.54, 1.807) is 12.5 Å². The number of carbonyl (C=O) groups excluding carboxylic acids is 1. The van der Waals surface area contributed by atoms with Gasteiger partial charge < -0.3 is 19.4 Å². The maximum atomic E-state index is 12.8. The van der Waals surface area contributed by atoms with Crippen LogP contribution in [0, 0.1) is 0 Å². The van der Waals surface area contributed by atoms with E-state index in [0.29, 0.717) is 12.6 Å². The molecule has 1 aromatic rings. The molecule has 1 N–H and O–H groups in total. The summed E-state index contributed by atoms with van der Waals surface area (Å²) in [6.07, 6.45) is 12.4. The SMILES string of the molecule is O=C(NC1CCOC2(CCCC2)C1)N(Cc1ccoc1)C1CC1. The molecule has 1 aliphatic heterocycles. The number of ether oxygens (including phenoxy) is 1. The lowest BCUT2D eigenvalue weighted by molar-refractivity contribution is -0.0824. The van der Waals surface area contributed by atoms with Crippen molar-refractivity contribution in [2.24, 2.45) is 0 Å². The largest absolute Gasteiger partial charge is 0.472 e. The first-order valence-electron chi connectivity index (χ1n) is 8.96. The highest BCUT2D eigenvalue weighted by Crippen LogP contribution is 2.40. The monoisotopic (exact) mass is 318 g/mol. The number of carbonyl (C=O) groups is 1. The van der Waals surface area contributed by atoms with Crippen LogP contribution < -0.4 is 5.32 Å². The number of furan rings is 1. The number of hydrogen-bond acceptors (Lipinski definition) is 3. The van der Waals surface area contributed by atoms with Gasteiger partial charge in [-0.3, -0.25) is 0 Å². The highest BCUT2D eigenvalue weighted by molar-refractivity contribution is 5.75. The predicted octanol–water partition coefficient (Wildman–Crippen LogP) is 3.45. The quantitative estimate of drug-likeness (QED) is 0.925. The van der Waals surface area contributed by atoms with Gasteiger partial charge in [0.05, 0.1) is 24.7 Å². The molecule has 0 bridgehead atoms. The third-order valence-electron chi connectivity index (χ3n) is 5.52. The molecule has 2 aliphatic carbocycles. The molecule has 1 spiro atoms. The minimum atomic E-state index is 0.0468. The van der Waals surface area contributed by atoms with Crippen molar-refractivity contribution in [1.82, 2.24) is 10.2 Å². The maximum absolute atomic E-state index is 12.8. The summed E-state index contributed by atoms with van der Waals surface area (Å²) in [7, 11) is 0. The predicted molar refractivity (Wildman–Crippen MR) is 86.0 cm³/mol. The van der Waals surface area contributed by atoms with E-state index in [-0.39, 0.29) is 17.7 Å². The van der Waals surface area contributed by atoms with Crippen molar-refractivity contribution < 1.29 is 13.9 Å². The highest BCUT2D eigenvalue weighted by Gasteiger charge is 2.41. The fourth-order valence-electron chi connectivity index (χ4n) is 4.11. The van der Waals surface area contributed by atoms with Crippen molar-refractivity contribution in [2.45, 2.75) is 75.6 Å². The Labute approximate surface area is 137 Å². The van der Waals surface area contributed by atoms with E-state index in [4.69, 9.17) is 9.15 Å². The zero-order valence-corrected chi connectivity index (χ0v) is 13.6. The molecule has 0 radical (unpaired) electrons. The minimum Gasteiger partial charge on any atom is -0.472 e. The normalized spacial score (nSPS) is 26.3. The topological polar surface area (TPSA) is 54.7 Å². The van der Waals surface area contributed by atoms with Gasteiger partial charge in [0.2, 0.25) is 0 Å². The molecule has 2 amide bonds. The van der Waals surface area contributed by atoms with E-state index in [1.165, 1.54) is 12.8 Å². The number of hydrogen-bond donors (Lipinski definition) is 1. The van der Waals surface area contributed by atoms with Gasteiger partial charge in [0.15, 0.2) is 0 Å². The lowest BCUT2D eigenvalue weighted by Crippen LogP contribution is -2.51. The number of nitrogens with zero attached hydrogens (tertiary/aromatic N) is 1. The summed E-state index contributed by atoms with van der Waals surface area (Å²) >= 11 is 0. The Balaban J connectivity index is 1.37. The third-order valence-corrected chi connectivity index (χ3v) is 5.52. The molecule has 23 heavy (non-hydrogen) atoms. The molecule has 2 saturated carbocycles. The second-order valence-electron chi connectivity index (χ2n) is 7.37. The molecule has 2 heterocycles. The van der Waals surface area contributed by atoms with Gasteiger partial charge in [-0.2, -0.15) is 0 Å². The van der Waals surface area contributed by atoms with Crippen LogP contribution in [-0.4, -0.2) is 35.2 Å². The van der Waals surface area contributed by atoms with Crippen molar-refractivity contribution in [3.05, 3.63) is 24.2 Å². The van der Waals surface area contributed by atoms with Crippen LogP contribution in [0.1, 0.15) is 56.9 Å². The summed E-state index contributed by atoms with van der Waals surface area (Å²) < 4.78 is 11.2. The molecule has 0 aromatic carbocycles. The second kappa shape index (κ2) is 6.19. The standard InChI is InChI=1S/C18H26N2O3/c21-17(20(16-3-4-16)12-14-5-9-22-13-14)19-15-6-10-23-18(11-15)7-1-2-8-18/h5,9,13,15-16H,1-4,6-8,10-12H2,(H,19,21). The lowest BCUT2D eigenvalue weighted by Gasteiger charge is -2.39. The van der Waals surface area contributed by atoms with E-state index in [1.807, 2.05) is 11.0 Å². The van der Waals surface area contributed by atoms with Gasteiger partial charge in [-0.15, -0.1) is 0 Å². The van der Waals surface area contributed by atoms with Gasteiger partial charge in [0, 0.05) is 24.3 Å². The van der Waals surface area contributed by atoms with E-state index in [0.717, 1.165) is 50.7 Å². The average molecular weight is 318 g/mol. The first-order chi connectivity index (χ1) is 11.2. The Kier molecular flexibility index (Phi) is 4.05. The van der Waals surface area contributed by atoms with Crippen LogP contribution in [-0.2, 0) is 11.3 Å². The first kappa shape index (κ1) is 15.1. The smallest absolute Gasteiger partial charge is 0.318 e. The van der Waals surface area contributed by atoms with Crippen LogP contribution in [0.5, 0.6) is 0 Å². The Morgan fingerprint density at radius 3 is 2.83 bits per heavy atom. The van der Waals surface area contributed by atoms with Gasteiger partial charge >= 0.3 is 6.03 Å². The first-order valence-corrected chi connectivity index (χ1v) is 8.96. The van der Waals surface area contributed by atoms with Crippen LogP contribution >= 0.6 is 0 Å². The summed E-state index contributed by atoms with van der Waals surface area (Å²) in [5, 5.41) is 3.28. The van der Waals surface area contributed by atoms with Crippen LogP contribution in [0.3, 0.4) is 0 Å². The molecule has 1 atom stereocenters. The Morgan fingerprint density at radius 2 is 2.13 bits per heavy atom. The van der Waals surface area contributed by atoms with E-state index < -0.39 is 0 Å². The molecule has 5 nitrogen and oxygen atoms in total. The van der Waals surface area contributed by atoms with Gasteiger partial charge in [-0.1, -0.05) is 12.8 Å². The molecule has 5 heteroatoms. The van der Waals surface area contributed by atoms with Gasteiger partial charge in [0.1, 0.15) is 0 Å². The Bertz CT molecular complexity index is 532. The van der Waals surface area contributed by atoms with Gasteiger partial charge in [-0.05, 0) is 44.6 Å². The molecular weight excluding hydrogens is 292 g/mol. The summed E-state index contributed by atoms with van der Waals surface area (Å²) in [6, 6.07) is 2.66. The van der Waals surface area contributed by atoms with Crippen molar-refractivity contribution in [3.63, 3.8) is 0 Å². The summed E-state index contributed by atoms with van der Waals surface area (Å²) in [5.74, 6) is 0. The molecule has 3 aliphatic rings. The molecule has 1 unspecified atom stereocenters.